The highest BCUT2D eigenvalue weighted by molar-refractivity contribution is 5.94. The van der Waals surface area contributed by atoms with Gasteiger partial charge in [-0.15, -0.1) is 0 Å². The average molecular weight is 401 g/mol. The summed E-state index contributed by atoms with van der Waals surface area (Å²) in [5.74, 6) is 0.485. The van der Waals surface area contributed by atoms with Crippen LogP contribution in [0.2, 0.25) is 0 Å². The minimum atomic E-state index is -0.158. The fourth-order valence-electron chi connectivity index (χ4n) is 4.20. The second-order valence-corrected chi connectivity index (χ2v) is 8.02. The van der Waals surface area contributed by atoms with Crippen LogP contribution >= 0.6 is 0 Å². The van der Waals surface area contributed by atoms with Gasteiger partial charge in [-0.1, -0.05) is 19.3 Å². The van der Waals surface area contributed by atoms with E-state index in [0.29, 0.717) is 28.1 Å². The maximum absolute atomic E-state index is 13.6. The van der Waals surface area contributed by atoms with Gasteiger partial charge in [-0.3, -0.25) is 19.1 Å². The van der Waals surface area contributed by atoms with Gasteiger partial charge in [0.05, 0.1) is 29.0 Å². The Morgan fingerprint density at radius 1 is 1.20 bits per heavy atom. The van der Waals surface area contributed by atoms with Crippen LogP contribution in [0.1, 0.15) is 40.9 Å². The Bertz CT molecular complexity index is 1330. The molecule has 0 atom stereocenters. The quantitative estimate of drug-likeness (QED) is 0.570. The van der Waals surface area contributed by atoms with Gasteiger partial charge in [0.1, 0.15) is 5.65 Å². The molecule has 1 aliphatic carbocycles. The zero-order chi connectivity index (χ0) is 20.8. The maximum atomic E-state index is 13.6. The molecular weight excluding hydrogens is 378 g/mol. The third-order valence-electron chi connectivity index (χ3n) is 6.06. The van der Waals surface area contributed by atoms with Crippen LogP contribution in [-0.4, -0.2) is 32.1 Å². The van der Waals surface area contributed by atoms with Gasteiger partial charge >= 0.3 is 0 Å². The first-order valence-electron chi connectivity index (χ1n) is 10.3. The summed E-state index contributed by atoms with van der Waals surface area (Å²) in [6, 6.07) is 8.90. The lowest BCUT2D eigenvalue weighted by molar-refractivity contribution is 0.0963. The molecule has 7 nitrogen and oxygen atoms in total. The Balaban J connectivity index is 1.79. The molecule has 1 amide bonds. The van der Waals surface area contributed by atoms with Crippen molar-refractivity contribution in [3.8, 4) is 5.69 Å². The van der Waals surface area contributed by atoms with Gasteiger partial charge in [0.15, 0.2) is 0 Å². The second-order valence-electron chi connectivity index (χ2n) is 8.02. The number of amides is 1. The van der Waals surface area contributed by atoms with E-state index < -0.39 is 0 Å². The topological polar surface area (TPSA) is 81.3 Å². The number of pyridine rings is 1. The molecule has 3 aromatic heterocycles. The van der Waals surface area contributed by atoms with E-state index >= 15 is 0 Å². The molecule has 1 aromatic carbocycles. The second kappa shape index (κ2) is 7.09. The van der Waals surface area contributed by atoms with Crippen molar-refractivity contribution in [2.75, 3.05) is 7.05 Å². The van der Waals surface area contributed by atoms with Crippen molar-refractivity contribution in [3.05, 3.63) is 69.9 Å². The van der Waals surface area contributed by atoms with Gasteiger partial charge in [-0.2, -0.15) is 5.10 Å². The Morgan fingerprint density at radius 3 is 2.63 bits per heavy atom. The number of aromatic nitrogens is 4. The number of carbonyl (C=O) groups excluding carboxylic acids is 1. The van der Waals surface area contributed by atoms with Crippen molar-refractivity contribution < 1.29 is 4.79 Å². The highest BCUT2D eigenvalue weighted by Crippen LogP contribution is 2.31. The number of hydrogen-bond acceptors (Lipinski definition) is 4. The smallest absolute Gasteiger partial charge is 0.266 e. The van der Waals surface area contributed by atoms with Gasteiger partial charge < -0.3 is 5.32 Å². The molecule has 5 rings (SSSR count). The highest BCUT2D eigenvalue weighted by atomic mass is 16.1. The summed E-state index contributed by atoms with van der Waals surface area (Å²) >= 11 is 0. The van der Waals surface area contributed by atoms with Crippen LogP contribution in [-0.2, 0) is 6.42 Å². The lowest BCUT2D eigenvalue weighted by atomic mass is 9.81. The van der Waals surface area contributed by atoms with Crippen LogP contribution in [0.4, 0.5) is 0 Å². The highest BCUT2D eigenvalue weighted by Gasteiger charge is 2.23. The molecule has 0 spiro atoms. The van der Waals surface area contributed by atoms with Crippen molar-refractivity contribution in [1.82, 2.24) is 24.5 Å². The van der Waals surface area contributed by atoms with Crippen LogP contribution in [0.15, 0.2) is 47.5 Å². The first-order chi connectivity index (χ1) is 14.6. The predicted molar refractivity (Wildman–Crippen MR) is 115 cm³/mol. The van der Waals surface area contributed by atoms with Gasteiger partial charge in [-0.05, 0) is 49.6 Å². The summed E-state index contributed by atoms with van der Waals surface area (Å²) in [6.07, 6.45) is 8.21. The fourth-order valence-corrected chi connectivity index (χ4v) is 4.20. The molecule has 3 heterocycles. The average Bonchev–Trinajstić information content (AvgIpc) is 3.14. The van der Waals surface area contributed by atoms with E-state index in [-0.39, 0.29) is 11.5 Å². The zero-order valence-electron chi connectivity index (χ0n) is 17.1. The molecule has 30 heavy (non-hydrogen) atoms. The number of aryl methyl sites for hydroxylation is 1. The molecule has 152 valence electrons. The fraction of sp³-hybridized carbons (Fsp3) is 0.304. The summed E-state index contributed by atoms with van der Waals surface area (Å²) in [4.78, 5) is 29.9. The van der Waals surface area contributed by atoms with Crippen LogP contribution in [0, 0.1) is 12.8 Å². The summed E-state index contributed by atoms with van der Waals surface area (Å²) < 4.78 is 3.54. The van der Waals surface area contributed by atoms with Crippen LogP contribution in [0.3, 0.4) is 0 Å². The SMILES string of the molecule is CNC(=O)c1ccc(-n2c(=O)c3cc(C)ncc3n3ncc(CC4CCC4)c23)cc1. The van der Waals surface area contributed by atoms with Crippen molar-refractivity contribution in [2.24, 2.45) is 5.92 Å². The standard InChI is InChI=1S/C23H23N5O2/c1-14-10-19-20(13-25-14)28-22(17(12-26-28)11-15-4-3-5-15)27(23(19)30)18-8-6-16(7-9-18)21(29)24-2/h6-10,12-13,15H,3-5,11H2,1-2H3,(H,24,29). The molecule has 1 N–H and O–H groups in total. The molecule has 4 aromatic rings. The van der Waals surface area contributed by atoms with Crippen molar-refractivity contribution in [3.63, 3.8) is 0 Å². The molecular formula is C23H23N5O2. The zero-order valence-corrected chi connectivity index (χ0v) is 17.1. The Labute approximate surface area is 173 Å². The third-order valence-corrected chi connectivity index (χ3v) is 6.06. The lowest BCUT2D eigenvalue weighted by Gasteiger charge is -2.25. The van der Waals surface area contributed by atoms with Crippen molar-refractivity contribution in [2.45, 2.75) is 32.6 Å². The first-order valence-corrected chi connectivity index (χ1v) is 10.3. The monoisotopic (exact) mass is 401 g/mol. The maximum Gasteiger partial charge on any atom is 0.266 e. The molecule has 0 radical (unpaired) electrons. The number of carbonyl (C=O) groups is 1. The minimum Gasteiger partial charge on any atom is -0.355 e. The molecule has 1 fully saturated rings. The summed E-state index contributed by atoms with van der Waals surface area (Å²) in [5.41, 5.74) is 4.48. The lowest BCUT2D eigenvalue weighted by Crippen LogP contribution is -2.23. The molecule has 0 unspecified atom stereocenters. The van der Waals surface area contributed by atoms with Crippen molar-refractivity contribution >= 4 is 22.5 Å². The summed E-state index contributed by atoms with van der Waals surface area (Å²) in [5, 5.41) is 7.82. The van der Waals surface area contributed by atoms with Crippen molar-refractivity contribution in [1.29, 1.82) is 0 Å². The molecule has 0 saturated heterocycles. The first kappa shape index (κ1) is 18.5. The van der Waals surface area contributed by atoms with Gasteiger partial charge in [0.25, 0.3) is 11.5 Å². The summed E-state index contributed by atoms with van der Waals surface area (Å²) in [6.45, 7) is 1.87. The number of hydrogen-bond donors (Lipinski definition) is 1. The molecule has 1 saturated carbocycles. The van der Waals surface area contributed by atoms with Crippen LogP contribution in [0.5, 0.6) is 0 Å². The van der Waals surface area contributed by atoms with Gasteiger partial charge in [0, 0.05) is 23.9 Å². The Morgan fingerprint density at radius 2 is 1.97 bits per heavy atom. The number of nitrogens with one attached hydrogen (secondary N) is 1. The summed E-state index contributed by atoms with van der Waals surface area (Å²) in [7, 11) is 1.60. The van der Waals surface area contributed by atoms with E-state index in [1.807, 2.05) is 29.8 Å². The van der Waals surface area contributed by atoms with Crippen LogP contribution in [0.25, 0.3) is 22.2 Å². The predicted octanol–water partition coefficient (Wildman–Crippen LogP) is 3.04. The Hall–Kier alpha value is -3.48. The van der Waals surface area contributed by atoms with Crippen LogP contribution < -0.4 is 10.9 Å². The molecule has 0 aliphatic heterocycles. The van der Waals surface area contributed by atoms with E-state index in [9.17, 15) is 9.59 Å². The van der Waals surface area contributed by atoms with E-state index in [0.717, 1.165) is 23.3 Å². The normalized spacial score (nSPS) is 14.2. The Kier molecular flexibility index (Phi) is 4.38. The number of rotatable bonds is 4. The van der Waals surface area contributed by atoms with E-state index in [2.05, 4.69) is 15.4 Å². The number of nitrogens with zero attached hydrogens (tertiary/aromatic N) is 4. The van der Waals surface area contributed by atoms with Gasteiger partial charge in [0.2, 0.25) is 0 Å². The number of fused-ring (bicyclic) bond motifs is 3. The molecule has 0 bridgehead atoms. The van der Waals surface area contributed by atoms with E-state index in [1.54, 1.807) is 36.0 Å². The third kappa shape index (κ3) is 2.89. The molecule has 1 aliphatic rings. The van der Waals surface area contributed by atoms with E-state index in [4.69, 9.17) is 0 Å². The van der Waals surface area contributed by atoms with E-state index in [1.165, 1.54) is 19.3 Å². The van der Waals surface area contributed by atoms with Gasteiger partial charge in [-0.25, -0.2) is 4.52 Å². The largest absolute Gasteiger partial charge is 0.355 e. The minimum absolute atomic E-state index is 0.106. The molecule has 7 heteroatoms. The number of benzene rings is 1.